The molecule has 270 valence electrons. The first-order chi connectivity index (χ1) is 23.0. The van der Waals surface area contributed by atoms with Gasteiger partial charge in [0.25, 0.3) is 0 Å². The highest BCUT2D eigenvalue weighted by molar-refractivity contribution is 5.71. The van der Waals surface area contributed by atoms with Crippen molar-refractivity contribution in [1.82, 2.24) is 4.90 Å². The van der Waals surface area contributed by atoms with Crippen molar-refractivity contribution in [3.63, 3.8) is 0 Å². The summed E-state index contributed by atoms with van der Waals surface area (Å²) in [7, 11) is 4.00. The normalized spacial score (nSPS) is 18.0. The van der Waals surface area contributed by atoms with Gasteiger partial charge in [0.2, 0.25) is 0 Å². The Kier molecular flexibility index (Phi) is 28.4. The zero-order valence-electron chi connectivity index (χ0n) is 31.1. The summed E-state index contributed by atoms with van der Waals surface area (Å²) in [4.78, 5) is 27.1. The second-order valence-electron chi connectivity index (χ2n) is 13.8. The van der Waals surface area contributed by atoms with Gasteiger partial charge in [0, 0.05) is 19.4 Å². The Bertz CT molecular complexity index is 808. The zero-order valence-corrected chi connectivity index (χ0v) is 31.1. The Morgan fingerprint density at radius 2 is 0.830 bits per heavy atom. The van der Waals surface area contributed by atoms with Crippen molar-refractivity contribution in [2.75, 3.05) is 20.6 Å². The predicted molar refractivity (Wildman–Crippen MR) is 201 cm³/mol. The lowest BCUT2D eigenvalue weighted by molar-refractivity contribution is -0.152. The quantitative estimate of drug-likeness (QED) is 0.0410. The minimum atomic E-state index is -0.295. The van der Waals surface area contributed by atoms with Gasteiger partial charge in [-0.3, -0.25) is 9.59 Å². The molecule has 1 fully saturated rings. The Morgan fingerprint density at radius 1 is 0.489 bits per heavy atom. The maximum atomic E-state index is 12.5. The largest absolute Gasteiger partial charge is 0.458 e. The number of carbonyl (C=O) groups is 2. The summed E-state index contributed by atoms with van der Waals surface area (Å²) in [5.41, 5.74) is 0. The molecule has 0 bridgehead atoms. The van der Waals surface area contributed by atoms with E-state index in [1.165, 1.54) is 77.0 Å². The van der Waals surface area contributed by atoms with Crippen LogP contribution in [-0.2, 0) is 19.1 Å². The number of allylic oxidation sites excluding steroid dienone is 8. The third kappa shape index (κ3) is 26.5. The van der Waals surface area contributed by atoms with Crippen molar-refractivity contribution in [1.29, 1.82) is 0 Å². The smallest absolute Gasteiger partial charge is 0.306 e. The predicted octanol–water partition coefficient (Wildman–Crippen LogP) is 11.6. The molecular weight excluding hydrogens is 582 g/mol. The van der Waals surface area contributed by atoms with E-state index in [9.17, 15) is 9.59 Å². The molecule has 1 saturated carbocycles. The number of esters is 2. The van der Waals surface area contributed by atoms with Crippen molar-refractivity contribution in [3.8, 4) is 0 Å². The van der Waals surface area contributed by atoms with Crippen LogP contribution in [0, 0.1) is 5.92 Å². The third-order valence-corrected chi connectivity index (χ3v) is 8.80. The molecule has 0 saturated heterocycles. The molecule has 1 aliphatic carbocycles. The molecule has 0 radical (unpaired) electrons. The Hall–Kier alpha value is -2.14. The van der Waals surface area contributed by atoms with Crippen molar-refractivity contribution >= 4 is 11.9 Å². The lowest BCUT2D eigenvalue weighted by Crippen LogP contribution is -2.18. The van der Waals surface area contributed by atoms with E-state index in [0.29, 0.717) is 12.8 Å². The van der Waals surface area contributed by atoms with Gasteiger partial charge in [-0.25, -0.2) is 0 Å². The number of carbonyl (C=O) groups excluding carboxylic acids is 2. The summed E-state index contributed by atoms with van der Waals surface area (Å²) in [5.74, 6) is -0.236. The van der Waals surface area contributed by atoms with E-state index in [4.69, 9.17) is 9.47 Å². The monoisotopic (exact) mass is 656 g/mol. The fraction of sp³-hybridized carbons (Fsp3) is 0.762. The van der Waals surface area contributed by atoms with Crippen LogP contribution in [0.15, 0.2) is 48.6 Å². The molecule has 0 amide bonds. The number of rotatable bonds is 32. The third-order valence-electron chi connectivity index (χ3n) is 8.80. The van der Waals surface area contributed by atoms with E-state index in [2.05, 4.69) is 67.4 Å². The molecule has 0 aromatic carbocycles. The van der Waals surface area contributed by atoms with Gasteiger partial charge in [-0.05, 0) is 91.1 Å². The van der Waals surface area contributed by atoms with E-state index in [1.807, 2.05) is 14.1 Å². The molecule has 0 aromatic heterocycles. The molecule has 0 N–H and O–H groups in total. The van der Waals surface area contributed by atoms with Crippen molar-refractivity contribution in [2.24, 2.45) is 5.92 Å². The van der Waals surface area contributed by atoms with E-state index in [1.54, 1.807) is 0 Å². The van der Waals surface area contributed by atoms with Gasteiger partial charge in [-0.1, -0.05) is 127 Å². The minimum absolute atomic E-state index is 0.0760. The van der Waals surface area contributed by atoms with Gasteiger partial charge < -0.3 is 14.4 Å². The molecule has 0 aliphatic heterocycles. The molecule has 1 aliphatic rings. The highest BCUT2D eigenvalue weighted by Gasteiger charge is 2.56. The first-order valence-electron chi connectivity index (χ1n) is 19.6. The van der Waals surface area contributed by atoms with Crippen LogP contribution in [0.4, 0.5) is 0 Å². The molecule has 5 heteroatoms. The van der Waals surface area contributed by atoms with E-state index in [0.717, 1.165) is 70.8 Å². The van der Waals surface area contributed by atoms with Crippen LogP contribution in [0.2, 0.25) is 0 Å². The summed E-state index contributed by atoms with van der Waals surface area (Å²) in [6, 6.07) is 0. The van der Waals surface area contributed by atoms with E-state index >= 15 is 0 Å². The topological polar surface area (TPSA) is 55.8 Å². The van der Waals surface area contributed by atoms with Crippen LogP contribution in [-0.4, -0.2) is 49.7 Å². The van der Waals surface area contributed by atoms with Crippen LogP contribution in [0.5, 0.6) is 0 Å². The SMILES string of the molecule is CCCCC/C=C\C/C=C\CCCCCCCC(=O)O[C@@H]1[C@H](CN(C)C)[C@@H]1OC(=O)CCCCCCC/C=C\C/C=C\CCCCC. The molecule has 1 rings (SSSR count). The first-order valence-corrected chi connectivity index (χ1v) is 19.6. The maximum Gasteiger partial charge on any atom is 0.306 e. The summed E-state index contributed by atoms with van der Waals surface area (Å²) >= 11 is 0. The Balaban J connectivity index is 2.08. The summed E-state index contributed by atoms with van der Waals surface area (Å²) < 4.78 is 11.5. The fourth-order valence-electron chi connectivity index (χ4n) is 5.83. The highest BCUT2D eigenvalue weighted by Crippen LogP contribution is 2.39. The van der Waals surface area contributed by atoms with E-state index in [-0.39, 0.29) is 30.1 Å². The first kappa shape index (κ1) is 42.9. The van der Waals surface area contributed by atoms with Gasteiger partial charge in [-0.2, -0.15) is 0 Å². The molecule has 0 aromatic rings. The molecule has 0 heterocycles. The van der Waals surface area contributed by atoms with Gasteiger partial charge in [-0.15, -0.1) is 0 Å². The number of ether oxygens (including phenoxy) is 2. The molecule has 0 spiro atoms. The maximum absolute atomic E-state index is 12.5. The van der Waals surface area contributed by atoms with Crippen LogP contribution in [0.25, 0.3) is 0 Å². The van der Waals surface area contributed by atoms with Crippen LogP contribution >= 0.6 is 0 Å². The number of unbranched alkanes of at least 4 members (excludes halogenated alkanes) is 16. The average molecular weight is 656 g/mol. The van der Waals surface area contributed by atoms with Crippen LogP contribution in [0.3, 0.4) is 0 Å². The van der Waals surface area contributed by atoms with Crippen LogP contribution in [0.1, 0.15) is 168 Å². The van der Waals surface area contributed by atoms with Crippen molar-refractivity contribution in [3.05, 3.63) is 48.6 Å². The summed E-state index contributed by atoms with van der Waals surface area (Å²) in [6.07, 6.45) is 44.2. The molecule has 5 nitrogen and oxygen atoms in total. The second kappa shape index (κ2) is 31.1. The highest BCUT2D eigenvalue weighted by atomic mass is 16.6. The zero-order chi connectivity index (χ0) is 34.2. The molecular formula is C42H73NO4. The number of hydrogen-bond acceptors (Lipinski definition) is 5. The van der Waals surface area contributed by atoms with Gasteiger partial charge in [0.05, 0.1) is 5.92 Å². The lowest BCUT2D eigenvalue weighted by atomic mass is 10.1. The minimum Gasteiger partial charge on any atom is -0.458 e. The van der Waals surface area contributed by atoms with E-state index < -0.39 is 0 Å². The van der Waals surface area contributed by atoms with Gasteiger partial charge >= 0.3 is 11.9 Å². The van der Waals surface area contributed by atoms with Crippen LogP contribution < -0.4 is 0 Å². The Labute approximate surface area is 290 Å². The summed E-state index contributed by atoms with van der Waals surface area (Å²) in [6.45, 7) is 5.24. The fourth-order valence-corrected chi connectivity index (χ4v) is 5.83. The average Bonchev–Trinajstić information content (AvgIpc) is 3.67. The summed E-state index contributed by atoms with van der Waals surface area (Å²) in [5, 5.41) is 0. The van der Waals surface area contributed by atoms with Gasteiger partial charge in [0.1, 0.15) is 12.2 Å². The second-order valence-corrected chi connectivity index (χ2v) is 13.8. The molecule has 47 heavy (non-hydrogen) atoms. The van der Waals surface area contributed by atoms with Gasteiger partial charge in [0.15, 0.2) is 0 Å². The Morgan fingerprint density at radius 3 is 1.19 bits per heavy atom. The molecule has 0 unspecified atom stereocenters. The number of hydrogen-bond donors (Lipinski definition) is 0. The lowest BCUT2D eigenvalue weighted by Gasteiger charge is -2.08. The number of nitrogens with zero attached hydrogens (tertiary/aromatic N) is 1. The van der Waals surface area contributed by atoms with Crippen molar-refractivity contribution in [2.45, 2.75) is 180 Å². The standard InChI is InChI=1S/C42H73NO4/c1-5-7-9-11-13-15-17-19-21-23-25-27-29-31-33-35-39(44)46-41-38(37-43(3)4)42(41)47-40(45)36-34-32-30-28-26-24-22-20-18-16-14-12-10-8-6-2/h13-16,19-22,38,41-42H,5-12,17-18,23-37H2,1-4H3/b15-13-,16-14-,21-19-,22-20-/t38-,41+,42-. The van der Waals surface area contributed by atoms with Crippen molar-refractivity contribution < 1.29 is 19.1 Å². The molecule has 3 atom stereocenters.